The van der Waals surface area contributed by atoms with Gasteiger partial charge in [0.25, 0.3) is 0 Å². The predicted molar refractivity (Wildman–Crippen MR) is 50.0 cm³/mol. The molecule has 0 amide bonds. The van der Waals surface area contributed by atoms with E-state index in [9.17, 15) is 0 Å². The Hall–Kier alpha value is -1.22. The minimum absolute atomic E-state index is 0.0320. The van der Waals surface area contributed by atoms with Crippen molar-refractivity contribution in [3.63, 3.8) is 0 Å². The van der Waals surface area contributed by atoms with Crippen LogP contribution in [-0.2, 0) is 0 Å². The van der Waals surface area contributed by atoms with E-state index >= 15 is 0 Å². The number of benzene rings is 1. The van der Waals surface area contributed by atoms with Crippen molar-refractivity contribution in [2.75, 3.05) is 12.3 Å². The summed E-state index contributed by atoms with van der Waals surface area (Å²) < 4.78 is 5.35. The lowest BCUT2D eigenvalue weighted by Gasteiger charge is -2.09. The Morgan fingerprint density at radius 3 is 2.67 bits per heavy atom. The van der Waals surface area contributed by atoms with E-state index in [2.05, 4.69) is 0 Å². The first-order chi connectivity index (χ1) is 5.70. The molecule has 0 aromatic heterocycles. The van der Waals surface area contributed by atoms with Crippen molar-refractivity contribution >= 4 is 5.69 Å². The summed E-state index contributed by atoms with van der Waals surface area (Å²) in [7, 11) is 0. The van der Waals surface area contributed by atoms with Crippen LogP contribution in [-0.4, -0.2) is 12.6 Å². The minimum atomic E-state index is 0.0320. The molecule has 0 aliphatic rings. The van der Waals surface area contributed by atoms with Gasteiger partial charge in [0.15, 0.2) is 0 Å². The first-order valence-corrected chi connectivity index (χ1v) is 3.93. The molecule has 0 aliphatic carbocycles. The zero-order valence-corrected chi connectivity index (χ0v) is 7.16. The van der Waals surface area contributed by atoms with Crippen LogP contribution in [0, 0.1) is 0 Å². The van der Waals surface area contributed by atoms with Gasteiger partial charge in [-0.25, -0.2) is 0 Å². The van der Waals surface area contributed by atoms with Crippen molar-refractivity contribution in [2.45, 2.75) is 13.0 Å². The smallest absolute Gasteiger partial charge is 0.142 e. The first kappa shape index (κ1) is 8.87. The molecular weight excluding hydrogens is 152 g/mol. The van der Waals surface area contributed by atoms with Gasteiger partial charge in [-0.3, -0.25) is 0 Å². The molecule has 1 unspecified atom stereocenters. The Labute approximate surface area is 72.3 Å². The molecule has 0 radical (unpaired) electrons. The van der Waals surface area contributed by atoms with Crippen LogP contribution in [0.5, 0.6) is 5.75 Å². The summed E-state index contributed by atoms with van der Waals surface area (Å²) >= 11 is 0. The predicted octanol–water partition coefficient (Wildman–Crippen LogP) is 0.995. The molecule has 1 rings (SSSR count). The van der Waals surface area contributed by atoms with E-state index in [1.807, 2.05) is 25.1 Å². The molecule has 3 heteroatoms. The number of rotatable bonds is 3. The van der Waals surface area contributed by atoms with Crippen LogP contribution in [0.3, 0.4) is 0 Å². The summed E-state index contributed by atoms with van der Waals surface area (Å²) in [5.74, 6) is 0.704. The highest BCUT2D eigenvalue weighted by molar-refractivity contribution is 5.51. The third-order valence-electron chi connectivity index (χ3n) is 1.42. The van der Waals surface area contributed by atoms with Gasteiger partial charge in [-0.15, -0.1) is 0 Å². The minimum Gasteiger partial charge on any atom is -0.490 e. The van der Waals surface area contributed by atoms with Crippen molar-refractivity contribution in [3.05, 3.63) is 24.3 Å². The molecule has 1 aromatic rings. The maximum atomic E-state index is 5.64. The van der Waals surface area contributed by atoms with Gasteiger partial charge in [-0.1, -0.05) is 12.1 Å². The van der Waals surface area contributed by atoms with Gasteiger partial charge in [0.05, 0.1) is 5.69 Å². The van der Waals surface area contributed by atoms with E-state index in [1.54, 1.807) is 6.07 Å². The zero-order valence-electron chi connectivity index (χ0n) is 7.16. The van der Waals surface area contributed by atoms with Gasteiger partial charge in [0.2, 0.25) is 0 Å². The fourth-order valence-corrected chi connectivity index (χ4v) is 0.833. The third kappa shape index (κ3) is 2.43. The summed E-state index contributed by atoms with van der Waals surface area (Å²) in [6, 6.07) is 7.42. The molecule has 3 nitrogen and oxygen atoms in total. The SMILES string of the molecule is CC(N)COc1ccccc1N. The summed E-state index contributed by atoms with van der Waals surface area (Å²) in [5.41, 5.74) is 11.8. The van der Waals surface area contributed by atoms with Crippen molar-refractivity contribution in [3.8, 4) is 5.75 Å². The fraction of sp³-hybridized carbons (Fsp3) is 0.333. The van der Waals surface area contributed by atoms with Gasteiger partial charge in [-0.05, 0) is 19.1 Å². The second-order valence-electron chi connectivity index (χ2n) is 2.83. The molecule has 12 heavy (non-hydrogen) atoms. The highest BCUT2D eigenvalue weighted by Gasteiger charge is 1.99. The van der Waals surface area contributed by atoms with Gasteiger partial charge in [-0.2, -0.15) is 0 Å². The zero-order chi connectivity index (χ0) is 8.97. The average Bonchev–Trinajstić information content (AvgIpc) is 2.03. The Morgan fingerprint density at radius 1 is 1.42 bits per heavy atom. The molecule has 0 aliphatic heterocycles. The molecule has 0 spiro atoms. The van der Waals surface area contributed by atoms with Gasteiger partial charge < -0.3 is 16.2 Å². The number of nitrogen functional groups attached to an aromatic ring is 1. The van der Waals surface area contributed by atoms with Crippen molar-refractivity contribution < 1.29 is 4.74 Å². The topological polar surface area (TPSA) is 61.3 Å². The van der Waals surface area contributed by atoms with E-state index in [0.29, 0.717) is 18.0 Å². The number of nitrogens with two attached hydrogens (primary N) is 2. The van der Waals surface area contributed by atoms with Crippen molar-refractivity contribution in [2.24, 2.45) is 5.73 Å². The lowest BCUT2D eigenvalue weighted by molar-refractivity contribution is 0.298. The third-order valence-corrected chi connectivity index (χ3v) is 1.42. The van der Waals surface area contributed by atoms with Crippen LogP contribution in [0.2, 0.25) is 0 Å². The molecule has 0 bridgehead atoms. The lowest BCUT2D eigenvalue weighted by atomic mass is 10.3. The number of hydrogen-bond donors (Lipinski definition) is 2. The highest BCUT2D eigenvalue weighted by Crippen LogP contribution is 2.19. The monoisotopic (exact) mass is 166 g/mol. The molecule has 4 N–H and O–H groups in total. The molecule has 66 valence electrons. The van der Waals surface area contributed by atoms with E-state index in [-0.39, 0.29) is 6.04 Å². The Bertz CT molecular complexity index is 248. The largest absolute Gasteiger partial charge is 0.490 e. The van der Waals surface area contributed by atoms with Gasteiger partial charge >= 0.3 is 0 Å². The number of anilines is 1. The molecule has 0 saturated carbocycles. The van der Waals surface area contributed by atoms with Crippen LogP contribution in [0.15, 0.2) is 24.3 Å². The Morgan fingerprint density at radius 2 is 2.08 bits per heavy atom. The van der Waals surface area contributed by atoms with Gasteiger partial charge in [0.1, 0.15) is 12.4 Å². The van der Waals surface area contributed by atoms with Crippen LogP contribution in [0.4, 0.5) is 5.69 Å². The number of hydrogen-bond acceptors (Lipinski definition) is 3. The second kappa shape index (κ2) is 3.97. The highest BCUT2D eigenvalue weighted by atomic mass is 16.5. The van der Waals surface area contributed by atoms with Gasteiger partial charge in [0, 0.05) is 6.04 Å². The maximum Gasteiger partial charge on any atom is 0.142 e. The van der Waals surface area contributed by atoms with E-state index < -0.39 is 0 Å². The number of para-hydroxylation sites is 2. The maximum absolute atomic E-state index is 5.64. The first-order valence-electron chi connectivity index (χ1n) is 3.93. The van der Waals surface area contributed by atoms with E-state index in [4.69, 9.17) is 16.2 Å². The van der Waals surface area contributed by atoms with Crippen molar-refractivity contribution in [1.82, 2.24) is 0 Å². The Balaban J connectivity index is 2.57. The second-order valence-corrected chi connectivity index (χ2v) is 2.83. The van der Waals surface area contributed by atoms with Crippen LogP contribution in [0.25, 0.3) is 0 Å². The summed E-state index contributed by atoms with van der Waals surface area (Å²) in [5, 5.41) is 0. The quantitative estimate of drug-likeness (QED) is 0.658. The summed E-state index contributed by atoms with van der Waals surface area (Å²) in [6.45, 7) is 2.38. The molecule has 1 atom stereocenters. The summed E-state index contributed by atoms with van der Waals surface area (Å²) in [4.78, 5) is 0. The van der Waals surface area contributed by atoms with Crippen LogP contribution < -0.4 is 16.2 Å². The summed E-state index contributed by atoms with van der Waals surface area (Å²) in [6.07, 6.45) is 0. The molecule has 0 saturated heterocycles. The van der Waals surface area contributed by atoms with Crippen LogP contribution >= 0.6 is 0 Å². The lowest BCUT2D eigenvalue weighted by Crippen LogP contribution is -2.23. The standard InChI is InChI=1S/C9H14N2O/c1-7(10)6-12-9-5-3-2-4-8(9)11/h2-5,7H,6,10-11H2,1H3. The molecule has 0 heterocycles. The average molecular weight is 166 g/mol. The normalized spacial score (nSPS) is 12.5. The molecule has 1 aromatic carbocycles. The van der Waals surface area contributed by atoms with Crippen LogP contribution in [0.1, 0.15) is 6.92 Å². The van der Waals surface area contributed by atoms with E-state index in [0.717, 1.165) is 0 Å². The molecular formula is C9H14N2O. The fourth-order valence-electron chi connectivity index (χ4n) is 0.833. The van der Waals surface area contributed by atoms with E-state index in [1.165, 1.54) is 0 Å². The Kier molecular flexibility index (Phi) is 2.94. The molecule has 0 fully saturated rings. The number of ether oxygens (including phenoxy) is 1. The van der Waals surface area contributed by atoms with Crippen molar-refractivity contribution in [1.29, 1.82) is 0 Å².